The molecule has 0 saturated carbocycles. The van der Waals surface area contributed by atoms with Crippen LogP contribution in [-0.4, -0.2) is 13.7 Å². The summed E-state index contributed by atoms with van der Waals surface area (Å²) in [6, 6.07) is 3.46. The molecule has 1 aromatic carbocycles. The smallest absolute Gasteiger partial charge is 0.150 e. The van der Waals surface area contributed by atoms with Crippen LogP contribution in [0, 0.1) is 5.82 Å². The van der Waals surface area contributed by atoms with Gasteiger partial charge in [-0.15, -0.1) is 0 Å². The van der Waals surface area contributed by atoms with Gasteiger partial charge in [0, 0.05) is 11.1 Å². The predicted octanol–water partition coefficient (Wildman–Crippen LogP) is 3.09. The fraction of sp³-hybridized carbons (Fsp3) is 0.500. The molecule has 0 radical (unpaired) electrons. The zero-order chi connectivity index (χ0) is 11.8. The second kappa shape index (κ2) is 4.22. The SMILES string of the molecule is COc1ccc(C2(C)CCCN2)c(F)c1Cl. The van der Waals surface area contributed by atoms with E-state index in [1.807, 2.05) is 6.92 Å². The van der Waals surface area contributed by atoms with E-state index in [9.17, 15) is 4.39 Å². The van der Waals surface area contributed by atoms with Crippen molar-refractivity contribution in [2.45, 2.75) is 25.3 Å². The number of nitrogens with one attached hydrogen (secondary N) is 1. The summed E-state index contributed by atoms with van der Waals surface area (Å²) in [5, 5.41) is 3.38. The van der Waals surface area contributed by atoms with Crippen molar-refractivity contribution in [3.05, 3.63) is 28.5 Å². The van der Waals surface area contributed by atoms with Gasteiger partial charge in [0.2, 0.25) is 0 Å². The Morgan fingerprint density at radius 3 is 2.81 bits per heavy atom. The molecule has 2 nitrogen and oxygen atoms in total. The first-order chi connectivity index (χ1) is 7.58. The van der Waals surface area contributed by atoms with Crippen LogP contribution in [0.4, 0.5) is 4.39 Å². The molecule has 1 N–H and O–H groups in total. The minimum atomic E-state index is -0.377. The first-order valence-electron chi connectivity index (χ1n) is 5.36. The molecule has 1 fully saturated rings. The second-order valence-corrected chi connectivity index (χ2v) is 4.68. The van der Waals surface area contributed by atoms with Gasteiger partial charge < -0.3 is 10.1 Å². The lowest BCUT2D eigenvalue weighted by Crippen LogP contribution is -2.34. The lowest BCUT2D eigenvalue weighted by atomic mass is 9.90. The van der Waals surface area contributed by atoms with Crippen LogP contribution in [0.3, 0.4) is 0 Å². The Morgan fingerprint density at radius 2 is 2.25 bits per heavy atom. The van der Waals surface area contributed by atoms with Crippen LogP contribution in [0.15, 0.2) is 12.1 Å². The van der Waals surface area contributed by atoms with Crippen molar-refractivity contribution < 1.29 is 9.13 Å². The van der Waals surface area contributed by atoms with Crippen LogP contribution in [0.5, 0.6) is 5.75 Å². The van der Waals surface area contributed by atoms with Gasteiger partial charge >= 0.3 is 0 Å². The van der Waals surface area contributed by atoms with Gasteiger partial charge in [0.15, 0.2) is 5.82 Å². The standard InChI is InChI=1S/C12H15ClFNO/c1-12(6-3-7-15-12)8-4-5-9(16-2)10(13)11(8)14/h4-5,15H,3,6-7H2,1-2H3. The number of methoxy groups -OCH3 is 1. The van der Waals surface area contributed by atoms with Crippen LogP contribution >= 0.6 is 11.6 Å². The quantitative estimate of drug-likeness (QED) is 0.862. The Labute approximate surface area is 99.7 Å². The highest BCUT2D eigenvalue weighted by Gasteiger charge is 2.33. The van der Waals surface area contributed by atoms with Gasteiger partial charge in [0.25, 0.3) is 0 Å². The van der Waals surface area contributed by atoms with Crippen molar-refractivity contribution in [2.75, 3.05) is 13.7 Å². The fourth-order valence-electron chi connectivity index (χ4n) is 2.24. The number of hydrogen-bond acceptors (Lipinski definition) is 2. The maximum Gasteiger partial charge on any atom is 0.150 e. The topological polar surface area (TPSA) is 21.3 Å². The van der Waals surface area contributed by atoms with Crippen molar-refractivity contribution in [3.8, 4) is 5.75 Å². The first-order valence-corrected chi connectivity index (χ1v) is 5.74. The monoisotopic (exact) mass is 243 g/mol. The molecule has 1 unspecified atom stereocenters. The number of rotatable bonds is 2. The van der Waals surface area contributed by atoms with Crippen molar-refractivity contribution in [1.29, 1.82) is 0 Å². The van der Waals surface area contributed by atoms with Crippen LogP contribution in [0.25, 0.3) is 0 Å². The summed E-state index contributed by atoms with van der Waals surface area (Å²) in [6.07, 6.45) is 1.98. The fourth-order valence-corrected chi connectivity index (χ4v) is 2.48. The van der Waals surface area contributed by atoms with E-state index in [-0.39, 0.29) is 16.4 Å². The molecule has 1 atom stereocenters. The molecule has 1 saturated heterocycles. The summed E-state index contributed by atoms with van der Waals surface area (Å²) < 4.78 is 19.1. The second-order valence-electron chi connectivity index (χ2n) is 4.31. The molecule has 1 aliphatic heterocycles. The molecule has 4 heteroatoms. The summed E-state index contributed by atoms with van der Waals surface area (Å²) >= 11 is 5.91. The zero-order valence-electron chi connectivity index (χ0n) is 9.44. The van der Waals surface area contributed by atoms with Gasteiger partial charge in [0.05, 0.1) is 7.11 Å². The third-order valence-electron chi connectivity index (χ3n) is 3.23. The maximum absolute atomic E-state index is 14.1. The third-order valence-corrected chi connectivity index (χ3v) is 3.58. The Bertz CT molecular complexity index is 402. The molecule has 1 aliphatic rings. The maximum atomic E-state index is 14.1. The molecule has 0 aliphatic carbocycles. The molecule has 0 aromatic heterocycles. The predicted molar refractivity (Wildman–Crippen MR) is 62.6 cm³/mol. The molecule has 1 heterocycles. The highest BCUT2D eigenvalue weighted by molar-refractivity contribution is 6.32. The normalized spacial score (nSPS) is 24.8. The summed E-state index contributed by atoms with van der Waals surface area (Å²) in [7, 11) is 1.48. The van der Waals surface area contributed by atoms with E-state index >= 15 is 0 Å². The lowest BCUT2D eigenvalue weighted by molar-refractivity contribution is 0.395. The Kier molecular flexibility index (Phi) is 3.08. The number of halogens is 2. The molecule has 16 heavy (non-hydrogen) atoms. The van der Waals surface area contributed by atoms with Crippen molar-refractivity contribution in [2.24, 2.45) is 0 Å². The molecule has 0 amide bonds. The summed E-state index contributed by atoms with van der Waals surface area (Å²) in [6.45, 7) is 2.92. The highest BCUT2D eigenvalue weighted by atomic mass is 35.5. The summed E-state index contributed by atoms with van der Waals surface area (Å²) in [5.74, 6) is 0.00225. The molecule has 2 rings (SSSR count). The van der Waals surface area contributed by atoms with E-state index in [1.54, 1.807) is 12.1 Å². The van der Waals surface area contributed by atoms with Crippen LogP contribution in [0.2, 0.25) is 5.02 Å². The molecular formula is C12H15ClFNO. The Balaban J connectivity index is 2.46. The average Bonchev–Trinajstić information content (AvgIpc) is 2.70. The number of ether oxygens (including phenoxy) is 1. The van der Waals surface area contributed by atoms with E-state index in [0.717, 1.165) is 19.4 Å². The van der Waals surface area contributed by atoms with Gasteiger partial charge in [0.1, 0.15) is 10.8 Å². The van der Waals surface area contributed by atoms with E-state index in [4.69, 9.17) is 16.3 Å². The Hall–Kier alpha value is -0.800. The minimum Gasteiger partial charge on any atom is -0.495 e. The van der Waals surface area contributed by atoms with E-state index in [0.29, 0.717) is 11.3 Å². The van der Waals surface area contributed by atoms with Gasteiger partial charge in [-0.2, -0.15) is 0 Å². The molecular weight excluding hydrogens is 229 g/mol. The van der Waals surface area contributed by atoms with Gasteiger partial charge in [-0.05, 0) is 32.4 Å². The molecule has 88 valence electrons. The van der Waals surface area contributed by atoms with Crippen LogP contribution in [-0.2, 0) is 5.54 Å². The van der Waals surface area contributed by atoms with Gasteiger partial charge in [-0.1, -0.05) is 17.7 Å². The summed E-state index contributed by atoms with van der Waals surface area (Å²) in [5.41, 5.74) is 0.316. The van der Waals surface area contributed by atoms with E-state index in [1.165, 1.54) is 7.11 Å². The zero-order valence-corrected chi connectivity index (χ0v) is 10.2. The van der Waals surface area contributed by atoms with Crippen LogP contribution < -0.4 is 10.1 Å². The van der Waals surface area contributed by atoms with Crippen LogP contribution in [0.1, 0.15) is 25.3 Å². The number of hydrogen-bond donors (Lipinski definition) is 1. The largest absolute Gasteiger partial charge is 0.495 e. The van der Waals surface area contributed by atoms with Crippen molar-refractivity contribution >= 4 is 11.6 Å². The van der Waals surface area contributed by atoms with Gasteiger partial charge in [-0.3, -0.25) is 0 Å². The first kappa shape index (κ1) is 11.7. The number of benzene rings is 1. The summed E-state index contributed by atoms with van der Waals surface area (Å²) in [4.78, 5) is 0. The molecule has 1 aromatic rings. The van der Waals surface area contributed by atoms with Crippen molar-refractivity contribution in [1.82, 2.24) is 5.32 Å². The van der Waals surface area contributed by atoms with E-state index in [2.05, 4.69) is 5.32 Å². The minimum absolute atomic E-state index is 0.0647. The molecule has 0 bridgehead atoms. The Morgan fingerprint density at radius 1 is 1.50 bits per heavy atom. The van der Waals surface area contributed by atoms with E-state index < -0.39 is 0 Å². The van der Waals surface area contributed by atoms with Crippen molar-refractivity contribution in [3.63, 3.8) is 0 Å². The lowest BCUT2D eigenvalue weighted by Gasteiger charge is -2.26. The average molecular weight is 244 g/mol. The molecule has 0 spiro atoms. The highest BCUT2D eigenvalue weighted by Crippen LogP contribution is 2.37. The third kappa shape index (κ3) is 1.78. The van der Waals surface area contributed by atoms with Gasteiger partial charge in [-0.25, -0.2) is 4.39 Å².